The van der Waals surface area contributed by atoms with Gasteiger partial charge in [-0.25, -0.2) is 4.39 Å². The molecule has 1 saturated heterocycles. The Morgan fingerprint density at radius 1 is 1.39 bits per heavy atom. The number of rotatable bonds is 3. The molecule has 1 aromatic carbocycles. The number of aliphatic hydroxyl groups is 1. The number of benzene rings is 1. The van der Waals surface area contributed by atoms with Crippen molar-refractivity contribution in [2.45, 2.75) is 25.6 Å². The van der Waals surface area contributed by atoms with E-state index in [0.29, 0.717) is 18.8 Å². The van der Waals surface area contributed by atoms with Gasteiger partial charge in [0.15, 0.2) is 5.60 Å². The second-order valence-electron chi connectivity index (χ2n) is 4.93. The number of nitrogens with zero attached hydrogens (tertiary/aromatic N) is 1. The second-order valence-corrected chi connectivity index (χ2v) is 4.93. The molecule has 0 saturated carbocycles. The summed E-state index contributed by atoms with van der Waals surface area (Å²) in [6.45, 7) is 4.00. The van der Waals surface area contributed by atoms with Gasteiger partial charge in [0.2, 0.25) is 0 Å². The molecule has 1 amide bonds. The van der Waals surface area contributed by atoms with Gasteiger partial charge in [0, 0.05) is 13.1 Å². The maximum atomic E-state index is 12.8. The highest BCUT2D eigenvalue weighted by molar-refractivity contribution is 5.85. The molecule has 0 aliphatic carbocycles. The summed E-state index contributed by atoms with van der Waals surface area (Å²) in [4.78, 5) is 13.6. The number of carbonyl (C=O) groups excluding carboxylic acids is 1. The zero-order valence-electron chi connectivity index (χ0n) is 10.4. The molecule has 1 aromatic rings. The zero-order chi connectivity index (χ0) is 13.3. The van der Waals surface area contributed by atoms with E-state index in [9.17, 15) is 14.3 Å². The second kappa shape index (κ2) is 4.57. The first kappa shape index (κ1) is 12.8. The van der Waals surface area contributed by atoms with Crippen LogP contribution < -0.4 is 4.74 Å². The van der Waals surface area contributed by atoms with Gasteiger partial charge in [-0.3, -0.25) is 4.79 Å². The standard InChI is InChI=1S/C13H16FNO3/c1-13(2,12(17)15-7-10(16)8-15)18-11-5-3-9(14)4-6-11/h3-6,10,16H,7-8H2,1-2H3. The highest BCUT2D eigenvalue weighted by Gasteiger charge is 2.39. The molecule has 4 nitrogen and oxygen atoms in total. The van der Waals surface area contributed by atoms with Crippen LogP contribution in [0.3, 0.4) is 0 Å². The van der Waals surface area contributed by atoms with Crippen molar-refractivity contribution in [1.29, 1.82) is 0 Å². The van der Waals surface area contributed by atoms with Crippen LogP contribution in [-0.4, -0.2) is 40.7 Å². The number of likely N-dealkylation sites (tertiary alicyclic amines) is 1. The van der Waals surface area contributed by atoms with E-state index in [2.05, 4.69) is 0 Å². The third-order valence-corrected chi connectivity index (χ3v) is 2.85. The molecule has 0 atom stereocenters. The normalized spacial score (nSPS) is 16.3. The van der Waals surface area contributed by atoms with Gasteiger partial charge in [0.05, 0.1) is 6.10 Å². The average Bonchev–Trinajstić information content (AvgIpc) is 2.27. The SMILES string of the molecule is CC(C)(Oc1ccc(F)cc1)C(=O)N1CC(O)C1. The molecule has 0 spiro atoms. The third-order valence-electron chi connectivity index (χ3n) is 2.85. The Hall–Kier alpha value is -1.62. The minimum Gasteiger partial charge on any atom is -0.478 e. The lowest BCUT2D eigenvalue weighted by atomic mass is 10.0. The summed E-state index contributed by atoms with van der Waals surface area (Å²) in [5.74, 6) is -0.0923. The number of ether oxygens (including phenoxy) is 1. The Labute approximate surface area is 105 Å². The van der Waals surface area contributed by atoms with Crippen LogP contribution in [-0.2, 0) is 4.79 Å². The molecular weight excluding hydrogens is 237 g/mol. The Morgan fingerprint density at radius 2 is 1.94 bits per heavy atom. The average molecular weight is 253 g/mol. The number of β-amino-alcohol motifs (C(OH)–C–C–N with tert-alkyl or cyclic N) is 1. The zero-order valence-corrected chi connectivity index (χ0v) is 10.4. The lowest BCUT2D eigenvalue weighted by Gasteiger charge is -2.40. The van der Waals surface area contributed by atoms with Gasteiger partial charge in [-0.15, -0.1) is 0 Å². The smallest absolute Gasteiger partial charge is 0.266 e. The van der Waals surface area contributed by atoms with Gasteiger partial charge in [-0.05, 0) is 38.1 Å². The topological polar surface area (TPSA) is 49.8 Å². The van der Waals surface area contributed by atoms with Crippen LogP contribution in [0.2, 0.25) is 0 Å². The van der Waals surface area contributed by atoms with Crippen molar-refractivity contribution >= 4 is 5.91 Å². The fraction of sp³-hybridized carbons (Fsp3) is 0.462. The molecule has 0 aromatic heterocycles. The maximum absolute atomic E-state index is 12.8. The summed E-state index contributed by atoms with van der Waals surface area (Å²) < 4.78 is 18.3. The number of amides is 1. The van der Waals surface area contributed by atoms with Crippen LogP contribution in [0.1, 0.15) is 13.8 Å². The Kier molecular flexibility index (Phi) is 3.26. The first-order valence-corrected chi connectivity index (χ1v) is 5.80. The van der Waals surface area contributed by atoms with E-state index in [1.165, 1.54) is 29.2 Å². The molecule has 98 valence electrons. The number of aliphatic hydroxyl groups excluding tert-OH is 1. The van der Waals surface area contributed by atoms with E-state index in [1.807, 2.05) is 0 Å². The highest BCUT2D eigenvalue weighted by Crippen LogP contribution is 2.22. The number of carbonyl (C=O) groups is 1. The molecule has 0 radical (unpaired) electrons. The van der Waals surface area contributed by atoms with Crippen molar-refractivity contribution in [3.63, 3.8) is 0 Å². The quantitative estimate of drug-likeness (QED) is 0.880. The van der Waals surface area contributed by atoms with E-state index >= 15 is 0 Å². The minimum atomic E-state index is -1.03. The van der Waals surface area contributed by atoms with Gasteiger partial charge >= 0.3 is 0 Å². The van der Waals surface area contributed by atoms with Gasteiger partial charge in [-0.2, -0.15) is 0 Å². The molecule has 1 aliphatic rings. The number of hydrogen-bond donors (Lipinski definition) is 1. The first-order chi connectivity index (χ1) is 8.38. The van der Waals surface area contributed by atoms with Crippen molar-refractivity contribution < 1.29 is 19.0 Å². The van der Waals surface area contributed by atoms with Gasteiger partial charge in [0.1, 0.15) is 11.6 Å². The van der Waals surface area contributed by atoms with Crippen LogP contribution in [0.25, 0.3) is 0 Å². The molecule has 1 aliphatic heterocycles. The van der Waals surface area contributed by atoms with Crippen LogP contribution in [0.15, 0.2) is 24.3 Å². The fourth-order valence-electron chi connectivity index (χ4n) is 1.84. The van der Waals surface area contributed by atoms with Crippen molar-refractivity contribution in [3.8, 4) is 5.75 Å². The summed E-state index contributed by atoms with van der Waals surface area (Å²) in [5.41, 5.74) is -1.03. The van der Waals surface area contributed by atoms with E-state index in [-0.39, 0.29) is 11.7 Å². The lowest BCUT2D eigenvalue weighted by molar-refractivity contribution is -0.155. The van der Waals surface area contributed by atoms with E-state index in [1.54, 1.807) is 13.8 Å². The summed E-state index contributed by atoms with van der Waals surface area (Å²) in [6.07, 6.45) is -0.435. The lowest BCUT2D eigenvalue weighted by Crippen LogP contribution is -2.60. The molecular formula is C13H16FNO3. The van der Waals surface area contributed by atoms with Gasteiger partial charge < -0.3 is 14.7 Å². The summed E-state index contributed by atoms with van der Waals surface area (Å²) in [7, 11) is 0. The Bertz CT molecular complexity index is 438. The molecule has 1 fully saturated rings. The largest absolute Gasteiger partial charge is 0.478 e. The van der Waals surface area contributed by atoms with Crippen molar-refractivity contribution in [2.24, 2.45) is 0 Å². The molecule has 5 heteroatoms. The summed E-state index contributed by atoms with van der Waals surface area (Å²) in [5, 5.41) is 9.18. The van der Waals surface area contributed by atoms with Gasteiger partial charge in [0.25, 0.3) is 5.91 Å². The summed E-state index contributed by atoms with van der Waals surface area (Å²) >= 11 is 0. The first-order valence-electron chi connectivity index (χ1n) is 5.80. The predicted octanol–water partition coefficient (Wildman–Crippen LogP) is 1.19. The van der Waals surface area contributed by atoms with Crippen LogP contribution in [0.5, 0.6) is 5.75 Å². The summed E-state index contributed by atoms with van der Waals surface area (Å²) in [6, 6.07) is 5.52. The molecule has 18 heavy (non-hydrogen) atoms. The van der Waals surface area contributed by atoms with E-state index in [4.69, 9.17) is 4.74 Å². The van der Waals surface area contributed by atoms with Crippen molar-refractivity contribution in [2.75, 3.05) is 13.1 Å². The molecule has 0 unspecified atom stereocenters. The predicted molar refractivity (Wildman–Crippen MR) is 63.7 cm³/mol. The molecule has 0 bridgehead atoms. The Balaban J connectivity index is 2.02. The highest BCUT2D eigenvalue weighted by atomic mass is 19.1. The van der Waals surface area contributed by atoms with E-state index < -0.39 is 11.7 Å². The fourth-order valence-corrected chi connectivity index (χ4v) is 1.84. The Morgan fingerprint density at radius 3 is 2.44 bits per heavy atom. The number of halogens is 1. The third kappa shape index (κ3) is 2.61. The van der Waals surface area contributed by atoms with Crippen molar-refractivity contribution in [3.05, 3.63) is 30.1 Å². The molecule has 1 heterocycles. The molecule has 2 rings (SSSR count). The van der Waals surface area contributed by atoms with Crippen LogP contribution >= 0.6 is 0 Å². The van der Waals surface area contributed by atoms with Crippen molar-refractivity contribution in [1.82, 2.24) is 4.90 Å². The van der Waals surface area contributed by atoms with Crippen LogP contribution in [0, 0.1) is 5.82 Å². The maximum Gasteiger partial charge on any atom is 0.266 e. The van der Waals surface area contributed by atoms with Gasteiger partial charge in [-0.1, -0.05) is 0 Å². The number of hydrogen-bond acceptors (Lipinski definition) is 3. The van der Waals surface area contributed by atoms with Crippen LogP contribution in [0.4, 0.5) is 4.39 Å². The minimum absolute atomic E-state index is 0.183. The van der Waals surface area contributed by atoms with E-state index in [0.717, 1.165) is 0 Å². The molecule has 1 N–H and O–H groups in total. The monoisotopic (exact) mass is 253 g/mol.